The Kier molecular flexibility index (Phi) is 3.01. The average Bonchev–Trinajstić information content (AvgIpc) is 2.11. The third-order valence-corrected chi connectivity index (χ3v) is 1.88. The van der Waals surface area contributed by atoms with Crippen LogP contribution in [0.3, 0.4) is 0 Å². The number of carbonyl (C=O) groups excluding carboxylic acids is 1. The van der Waals surface area contributed by atoms with Crippen molar-refractivity contribution < 1.29 is 14.3 Å². The van der Waals surface area contributed by atoms with Crippen molar-refractivity contribution in [3.8, 4) is 5.75 Å². The lowest BCUT2D eigenvalue weighted by Crippen LogP contribution is -1.93. The second-order valence-electron chi connectivity index (χ2n) is 2.84. The highest BCUT2D eigenvalue weighted by Crippen LogP contribution is 2.24. The van der Waals surface area contributed by atoms with E-state index in [9.17, 15) is 14.3 Å². The molecule has 0 unspecified atom stereocenters. The summed E-state index contributed by atoms with van der Waals surface area (Å²) in [4.78, 5) is 10.4. The van der Waals surface area contributed by atoms with Crippen LogP contribution in [0.25, 0.3) is 0 Å². The van der Waals surface area contributed by atoms with E-state index in [1.165, 1.54) is 12.1 Å². The minimum Gasteiger partial charge on any atom is -0.507 e. The Hall–Kier alpha value is -1.38. The number of rotatable bonds is 3. The normalized spacial score (nSPS) is 10.0. The monoisotopic (exact) mass is 182 g/mol. The van der Waals surface area contributed by atoms with Crippen molar-refractivity contribution in [3.63, 3.8) is 0 Å². The molecule has 0 saturated carbocycles. The van der Waals surface area contributed by atoms with Gasteiger partial charge in [-0.25, -0.2) is 4.39 Å². The third-order valence-electron chi connectivity index (χ3n) is 1.88. The highest BCUT2D eigenvalue weighted by molar-refractivity contribution is 5.80. The molecule has 0 heterocycles. The fourth-order valence-electron chi connectivity index (χ4n) is 1.21. The Morgan fingerprint density at radius 3 is 2.77 bits per heavy atom. The number of benzene rings is 1. The van der Waals surface area contributed by atoms with Gasteiger partial charge in [0.25, 0.3) is 0 Å². The van der Waals surface area contributed by atoms with Crippen LogP contribution in [0.4, 0.5) is 4.39 Å². The van der Waals surface area contributed by atoms with E-state index in [4.69, 9.17) is 0 Å². The van der Waals surface area contributed by atoms with E-state index in [0.717, 1.165) is 6.42 Å². The van der Waals surface area contributed by atoms with Crippen molar-refractivity contribution >= 4 is 6.29 Å². The van der Waals surface area contributed by atoms with Crippen molar-refractivity contribution in [2.75, 3.05) is 0 Å². The molecule has 0 spiro atoms. The van der Waals surface area contributed by atoms with Crippen molar-refractivity contribution in [3.05, 3.63) is 29.1 Å². The van der Waals surface area contributed by atoms with Crippen LogP contribution in [0.5, 0.6) is 5.75 Å². The highest BCUT2D eigenvalue weighted by atomic mass is 19.1. The van der Waals surface area contributed by atoms with Gasteiger partial charge in [-0.15, -0.1) is 0 Å². The third kappa shape index (κ3) is 1.86. The molecule has 3 heteroatoms. The van der Waals surface area contributed by atoms with Gasteiger partial charge in [0.1, 0.15) is 11.6 Å². The second kappa shape index (κ2) is 4.03. The van der Waals surface area contributed by atoms with E-state index >= 15 is 0 Å². The van der Waals surface area contributed by atoms with Gasteiger partial charge < -0.3 is 5.11 Å². The van der Waals surface area contributed by atoms with Crippen molar-refractivity contribution in [2.24, 2.45) is 0 Å². The number of aldehydes is 1. The van der Waals surface area contributed by atoms with Crippen LogP contribution in [-0.2, 0) is 6.42 Å². The second-order valence-corrected chi connectivity index (χ2v) is 2.84. The first-order valence-corrected chi connectivity index (χ1v) is 4.16. The molecule has 0 bridgehead atoms. The molecule has 0 aliphatic heterocycles. The Morgan fingerprint density at radius 1 is 1.54 bits per heavy atom. The predicted octanol–water partition coefficient (Wildman–Crippen LogP) is 2.30. The van der Waals surface area contributed by atoms with Gasteiger partial charge in [-0.1, -0.05) is 19.4 Å². The molecule has 2 nitrogen and oxygen atoms in total. The number of hydrogen-bond donors (Lipinski definition) is 1. The summed E-state index contributed by atoms with van der Waals surface area (Å²) in [6.07, 6.45) is 1.83. The van der Waals surface area contributed by atoms with Crippen LogP contribution in [-0.4, -0.2) is 11.4 Å². The minimum absolute atomic E-state index is 0.225. The largest absolute Gasteiger partial charge is 0.507 e. The molecule has 70 valence electrons. The van der Waals surface area contributed by atoms with Crippen LogP contribution in [0.15, 0.2) is 12.1 Å². The average molecular weight is 182 g/mol. The molecule has 0 aromatic heterocycles. The quantitative estimate of drug-likeness (QED) is 0.728. The summed E-state index contributed by atoms with van der Waals surface area (Å²) in [6.45, 7) is 1.95. The molecular formula is C10H11FO2. The van der Waals surface area contributed by atoms with E-state index in [0.29, 0.717) is 18.3 Å². The maximum atomic E-state index is 12.9. The molecule has 0 saturated heterocycles. The van der Waals surface area contributed by atoms with Crippen LogP contribution in [0.1, 0.15) is 29.3 Å². The van der Waals surface area contributed by atoms with Crippen LogP contribution in [0.2, 0.25) is 0 Å². The Morgan fingerprint density at radius 2 is 2.23 bits per heavy atom. The van der Waals surface area contributed by atoms with E-state index < -0.39 is 5.82 Å². The molecule has 0 atom stereocenters. The number of aryl methyl sites for hydroxylation is 1. The molecule has 1 aromatic carbocycles. The summed E-state index contributed by atoms with van der Waals surface area (Å²) < 4.78 is 12.9. The standard InChI is InChI=1S/C10H11FO2/c1-2-3-7-4-5-9(11)8(6-12)10(7)13/h4-6,13H,2-3H2,1H3. The lowest BCUT2D eigenvalue weighted by molar-refractivity contribution is 0.111. The Bertz CT molecular complexity index is 321. The van der Waals surface area contributed by atoms with E-state index in [1.807, 2.05) is 6.92 Å². The molecule has 0 aliphatic rings. The number of aromatic hydroxyl groups is 1. The Labute approximate surface area is 76.0 Å². The first-order chi connectivity index (χ1) is 6.20. The molecule has 13 heavy (non-hydrogen) atoms. The van der Waals surface area contributed by atoms with Gasteiger partial charge in [0.2, 0.25) is 0 Å². The van der Waals surface area contributed by atoms with Crippen molar-refractivity contribution in [1.29, 1.82) is 0 Å². The topological polar surface area (TPSA) is 37.3 Å². The maximum Gasteiger partial charge on any atom is 0.156 e. The zero-order valence-electron chi connectivity index (χ0n) is 7.38. The number of halogens is 1. The van der Waals surface area contributed by atoms with E-state index in [-0.39, 0.29) is 11.3 Å². The summed E-state index contributed by atoms with van der Waals surface area (Å²) in [6, 6.07) is 2.70. The van der Waals surface area contributed by atoms with Crippen LogP contribution < -0.4 is 0 Å². The number of phenols is 1. The van der Waals surface area contributed by atoms with Crippen molar-refractivity contribution in [1.82, 2.24) is 0 Å². The molecule has 1 N–H and O–H groups in total. The number of phenolic OH excluding ortho intramolecular Hbond substituents is 1. The smallest absolute Gasteiger partial charge is 0.156 e. The summed E-state index contributed by atoms with van der Waals surface area (Å²) in [5, 5.41) is 9.43. The highest BCUT2D eigenvalue weighted by Gasteiger charge is 2.10. The zero-order chi connectivity index (χ0) is 9.84. The summed E-state index contributed by atoms with van der Waals surface area (Å²) in [5.41, 5.74) is 0.372. The number of carbonyl (C=O) groups is 1. The first-order valence-electron chi connectivity index (χ1n) is 4.16. The number of hydrogen-bond acceptors (Lipinski definition) is 2. The summed E-state index contributed by atoms with van der Waals surface area (Å²) >= 11 is 0. The molecule has 0 amide bonds. The fourth-order valence-corrected chi connectivity index (χ4v) is 1.21. The van der Waals surface area contributed by atoms with Gasteiger partial charge in [0.05, 0.1) is 5.56 Å². The van der Waals surface area contributed by atoms with Crippen LogP contribution >= 0.6 is 0 Å². The molecule has 1 aromatic rings. The molecular weight excluding hydrogens is 171 g/mol. The minimum atomic E-state index is -0.674. The lowest BCUT2D eigenvalue weighted by atomic mass is 10.1. The molecule has 0 aliphatic carbocycles. The zero-order valence-corrected chi connectivity index (χ0v) is 7.38. The molecule has 1 rings (SSSR count). The first kappa shape index (κ1) is 9.71. The Balaban J connectivity index is 3.19. The van der Waals surface area contributed by atoms with Crippen molar-refractivity contribution in [2.45, 2.75) is 19.8 Å². The van der Waals surface area contributed by atoms with Gasteiger partial charge in [-0.05, 0) is 18.1 Å². The molecule has 0 radical (unpaired) electrons. The van der Waals surface area contributed by atoms with Gasteiger partial charge in [0.15, 0.2) is 6.29 Å². The lowest BCUT2D eigenvalue weighted by Gasteiger charge is -2.05. The van der Waals surface area contributed by atoms with Gasteiger partial charge >= 0.3 is 0 Å². The van der Waals surface area contributed by atoms with E-state index in [2.05, 4.69) is 0 Å². The van der Waals surface area contributed by atoms with E-state index in [1.54, 1.807) is 0 Å². The fraction of sp³-hybridized carbons (Fsp3) is 0.300. The summed E-state index contributed by atoms with van der Waals surface area (Å²) in [7, 11) is 0. The summed E-state index contributed by atoms with van der Waals surface area (Å²) in [5.74, 6) is -0.899. The van der Waals surface area contributed by atoms with Gasteiger partial charge in [-0.2, -0.15) is 0 Å². The van der Waals surface area contributed by atoms with Gasteiger partial charge in [-0.3, -0.25) is 4.79 Å². The van der Waals surface area contributed by atoms with Gasteiger partial charge in [0, 0.05) is 0 Å². The SMILES string of the molecule is CCCc1ccc(F)c(C=O)c1O. The molecule has 0 fully saturated rings. The van der Waals surface area contributed by atoms with Crippen LogP contribution in [0, 0.1) is 5.82 Å². The maximum absolute atomic E-state index is 12.9. The predicted molar refractivity (Wildman–Crippen MR) is 47.4 cm³/mol.